The van der Waals surface area contributed by atoms with Crippen molar-refractivity contribution in [3.8, 4) is 0 Å². The largest absolute Gasteiger partial charge is 0.416 e. The fraction of sp³-hybridized carbons (Fsp3) is 0.136. The zero-order valence-electron chi connectivity index (χ0n) is 14.4. The molecule has 0 amide bonds. The summed E-state index contributed by atoms with van der Waals surface area (Å²) >= 11 is 0. The molecule has 1 aliphatic rings. The summed E-state index contributed by atoms with van der Waals surface area (Å²) in [7, 11) is 0. The quantitative estimate of drug-likeness (QED) is 0.550. The van der Waals surface area contributed by atoms with Gasteiger partial charge in [0.1, 0.15) is 0 Å². The summed E-state index contributed by atoms with van der Waals surface area (Å²) in [5.74, 6) is 0. The van der Waals surface area contributed by atoms with Crippen molar-refractivity contribution in [3.63, 3.8) is 0 Å². The van der Waals surface area contributed by atoms with Crippen LogP contribution < -0.4 is 5.01 Å². The summed E-state index contributed by atoms with van der Waals surface area (Å²) in [5.41, 5.74) is 2.91. The third-order valence-corrected chi connectivity index (χ3v) is 4.66. The molecule has 1 aliphatic heterocycles. The minimum atomic E-state index is -4.33. The van der Waals surface area contributed by atoms with Gasteiger partial charge in [-0.1, -0.05) is 60.7 Å². The van der Waals surface area contributed by atoms with Gasteiger partial charge < -0.3 is 0 Å². The van der Waals surface area contributed by atoms with E-state index in [4.69, 9.17) is 5.10 Å². The molecule has 0 radical (unpaired) electrons. The van der Waals surface area contributed by atoms with Crippen molar-refractivity contribution in [2.24, 2.45) is 5.10 Å². The molecule has 0 aliphatic carbocycles. The van der Waals surface area contributed by atoms with Gasteiger partial charge in [-0.15, -0.1) is 0 Å². The van der Waals surface area contributed by atoms with Crippen LogP contribution in [-0.2, 0) is 6.18 Å². The molecule has 0 bridgehead atoms. The Balaban J connectivity index is 1.70. The second-order valence-corrected chi connectivity index (χ2v) is 6.43. The Morgan fingerprint density at radius 2 is 1.37 bits per heavy atom. The predicted octanol–water partition coefficient (Wildman–Crippen LogP) is 6.06. The average Bonchev–Trinajstić information content (AvgIpc) is 3.14. The smallest absolute Gasteiger partial charge is 0.257 e. The molecular formula is C22H17F3N2. The lowest BCUT2D eigenvalue weighted by Gasteiger charge is -2.23. The molecule has 5 heteroatoms. The van der Waals surface area contributed by atoms with Gasteiger partial charge in [0, 0.05) is 6.42 Å². The van der Waals surface area contributed by atoms with E-state index in [-0.39, 0.29) is 6.04 Å². The van der Waals surface area contributed by atoms with Gasteiger partial charge in [-0.05, 0) is 35.4 Å². The zero-order chi connectivity index (χ0) is 18.9. The minimum Gasteiger partial charge on any atom is -0.257 e. The number of nitrogens with zero attached hydrogens (tertiary/aromatic N) is 2. The van der Waals surface area contributed by atoms with Crippen LogP contribution in [0.3, 0.4) is 0 Å². The summed E-state index contributed by atoms with van der Waals surface area (Å²) in [4.78, 5) is 0. The Kier molecular flexibility index (Phi) is 4.44. The van der Waals surface area contributed by atoms with E-state index in [1.165, 1.54) is 12.1 Å². The van der Waals surface area contributed by atoms with Crippen LogP contribution in [0.25, 0.3) is 0 Å². The Labute approximate surface area is 155 Å². The molecule has 0 fully saturated rings. The predicted molar refractivity (Wildman–Crippen MR) is 101 cm³/mol. The van der Waals surface area contributed by atoms with Crippen molar-refractivity contribution in [2.45, 2.75) is 18.6 Å². The van der Waals surface area contributed by atoms with Crippen LogP contribution >= 0.6 is 0 Å². The second kappa shape index (κ2) is 6.91. The molecule has 1 heterocycles. The number of para-hydroxylation sites is 1. The van der Waals surface area contributed by atoms with Gasteiger partial charge in [-0.25, -0.2) is 0 Å². The van der Waals surface area contributed by atoms with Crippen molar-refractivity contribution in [1.82, 2.24) is 0 Å². The molecule has 1 atom stereocenters. The van der Waals surface area contributed by atoms with Crippen LogP contribution in [0.1, 0.15) is 29.2 Å². The first-order valence-corrected chi connectivity index (χ1v) is 8.67. The fourth-order valence-electron chi connectivity index (χ4n) is 3.29. The Morgan fingerprint density at radius 1 is 0.778 bits per heavy atom. The highest BCUT2D eigenvalue weighted by Gasteiger charge is 2.32. The van der Waals surface area contributed by atoms with E-state index in [9.17, 15) is 13.2 Å². The number of benzene rings is 3. The number of hydrazone groups is 1. The Hall–Kier alpha value is -3.08. The van der Waals surface area contributed by atoms with Crippen molar-refractivity contribution in [1.29, 1.82) is 0 Å². The van der Waals surface area contributed by atoms with Gasteiger partial charge in [0.15, 0.2) is 0 Å². The molecule has 0 spiro atoms. The first-order chi connectivity index (χ1) is 13.0. The summed E-state index contributed by atoms with van der Waals surface area (Å²) in [6, 6.07) is 25.0. The van der Waals surface area contributed by atoms with Crippen molar-refractivity contribution >= 4 is 11.4 Å². The number of hydrogen-bond donors (Lipinski definition) is 0. The van der Waals surface area contributed by atoms with E-state index < -0.39 is 11.7 Å². The molecule has 0 N–H and O–H groups in total. The number of hydrogen-bond acceptors (Lipinski definition) is 2. The Bertz CT molecular complexity index is 933. The maximum atomic E-state index is 12.8. The average molecular weight is 366 g/mol. The van der Waals surface area contributed by atoms with Gasteiger partial charge in [0.25, 0.3) is 0 Å². The minimum absolute atomic E-state index is 0.00546. The number of anilines is 1. The van der Waals surface area contributed by atoms with Crippen LogP contribution in [-0.4, -0.2) is 5.71 Å². The van der Waals surface area contributed by atoms with Crippen molar-refractivity contribution < 1.29 is 13.2 Å². The van der Waals surface area contributed by atoms with Crippen molar-refractivity contribution in [2.75, 3.05) is 5.01 Å². The van der Waals surface area contributed by atoms with Crippen LogP contribution in [0.5, 0.6) is 0 Å². The molecule has 0 aromatic heterocycles. The third-order valence-electron chi connectivity index (χ3n) is 4.66. The molecule has 3 aromatic carbocycles. The van der Waals surface area contributed by atoms with E-state index in [0.29, 0.717) is 12.0 Å². The second-order valence-electron chi connectivity index (χ2n) is 6.43. The van der Waals surface area contributed by atoms with Gasteiger partial charge in [-0.3, -0.25) is 5.01 Å². The highest BCUT2D eigenvalue weighted by molar-refractivity contribution is 6.03. The lowest BCUT2D eigenvalue weighted by atomic mass is 9.97. The van der Waals surface area contributed by atoms with E-state index in [0.717, 1.165) is 29.1 Å². The molecule has 4 rings (SSSR count). The number of halogens is 3. The molecule has 3 aromatic rings. The zero-order valence-corrected chi connectivity index (χ0v) is 14.4. The third kappa shape index (κ3) is 3.58. The normalized spacial score (nSPS) is 17.1. The van der Waals surface area contributed by atoms with Crippen LogP contribution in [0.15, 0.2) is 90.0 Å². The molecule has 1 unspecified atom stereocenters. The van der Waals surface area contributed by atoms with Gasteiger partial charge in [-0.2, -0.15) is 18.3 Å². The number of alkyl halides is 3. The molecule has 2 nitrogen and oxygen atoms in total. The maximum Gasteiger partial charge on any atom is 0.416 e. The summed E-state index contributed by atoms with van der Waals surface area (Å²) in [5, 5.41) is 6.69. The maximum absolute atomic E-state index is 12.8. The molecule has 0 saturated heterocycles. The number of rotatable bonds is 3. The summed E-state index contributed by atoms with van der Waals surface area (Å²) < 4.78 is 38.5. The van der Waals surface area contributed by atoms with Crippen molar-refractivity contribution in [3.05, 3.63) is 102 Å². The highest BCUT2D eigenvalue weighted by Crippen LogP contribution is 2.37. The standard InChI is InChI=1S/C22H17F3N2/c23-22(24,25)18-13-11-16(12-14-18)20-15-21(17-7-3-1-4-8-17)27(26-20)19-9-5-2-6-10-19/h1-14,21H,15H2. The Morgan fingerprint density at radius 3 is 1.96 bits per heavy atom. The summed E-state index contributed by atoms with van der Waals surface area (Å²) in [6.07, 6.45) is -3.71. The first kappa shape index (κ1) is 17.3. The lowest BCUT2D eigenvalue weighted by molar-refractivity contribution is -0.137. The van der Waals surface area contributed by atoms with E-state index >= 15 is 0 Å². The van der Waals surface area contributed by atoms with E-state index in [2.05, 4.69) is 0 Å². The van der Waals surface area contributed by atoms with Crippen LogP contribution in [0, 0.1) is 0 Å². The molecule has 0 saturated carbocycles. The van der Waals surface area contributed by atoms with E-state index in [1.54, 1.807) is 0 Å². The molecule has 136 valence electrons. The monoisotopic (exact) mass is 366 g/mol. The molecular weight excluding hydrogens is 349 g/mol. The van der Waals surface area contributed by atoms with Crippen LogP contribution in [0.4, 0.5) is 18.9 Å². The van der Waals surface area contributed by atoms with Crippen LogP contribution in [0.2, 0.25) is 0 Å². The summed E-state index contributed by atoms with van der Waals surface area (Å²) in [6.45, 7) is 0. The fourth-order valence-corrected chi connectivity index (χ4v) is 3.29. The van der Waals surface area contributed by atoms with Gasteiger partial charge in [0.05, 0.1) is 23.0 Å². The van der Waals surface area contributed by atoms with Gasteiger partial charge >= 0.3 is 6.18 Å². The SMILES string of the molecule is FC(F)(F)c1ccc(C2=NN(c3ccccc3)C(c3ccccc3)C2)cc1. The lowest BCUT2D eigenvalue weighted by Crippen LogP contribution is -2.18. The highest BCUT2D eigenvalue weighted by atomic mass is 19.4. The first-order valence-electron chi connectivity index (χ1n) is 8.67. The van der Waals surface area contributed by atoms with Gasteiger partial charge in [0.2, 0.25) is 0 Å². The topological polar surface area (TPSA) is 15.6 Å². The molecule has 27 heavy (non-hydrogen) atoms. The van der Waals surface area contributed by atoms with E-state index in [1.807, 2.05) is 65.7 Å².